The number of hydrogen-bond acceptors (Lipinski definition) is 3. The molecule has 4 nitrogen and oxygen atoms in total. The molecule has 4 rings (SSSR count). The fourth-order valence-electron chi connectivity index (χ4n) is 4.56. The van der Waals surface area contributed by atoms with E-state index >= 15 is 0 Å². The first kappa shape index (κ1) is 18.2. The van der Waals surface area contributed by atoms with Crippen molar-refractivity contribution in [1.82, 2.24) is 9.80 Å². The summed E-state index contributed by atoms with van der Waals surface area (Å²) in [6, 6.07) is 20.9. The highest BCUT2D eigenvalue weighted by molar-refractivity contribution is 5.79. The number of likely N-dealkylation sites (tertiary alicyclic amines) is 2. The van der Waals surface area contributed by atoms with Gasteiger partial charge in [0, 0.05) is 38.1 Å². The van der Waals surface area contributed by atoms with E-state index in [4.69, 9.17) is 5.73 Å². The van der Waals surface area contributed by atoms with Crippen LogP contribution in [0.25, 0.3) is 0 Å². The topological polar surface area (TPSA) is 49.6 Å². The summed E-state index contributed by atoms with van der Waals surface area (Å²) in [5, 5.41) is 0. The lowest BCUT2D eigenvalue weighted by atomic mass is 9.95. The van der Waals surface area contributed by atoms with E-state index in [0.29, 0.717) is 12.5 Å². The molecule has 1 amide bonds. The summed E-state index contributed by atoms with van der Waals surface area (Å²) in [4.78, 5) is 17.6. The first-order chi connectivity index (χ1) is 13.2. The zero-order chi connectivity index (χ0) is 18.6. The number of nitrogens with zero attached hydrogens (tertiary/aromatic N) is 2. The average molecular weight is 364 g/mol. The van der Waals surface area contributed by atoms with Crippen LogP contribution in [0.15, 0.2) is 60.7 Å². The number of nitrogens with two attached hydrogens (primary N) is 1. The Bertz CT molecular complexity index is 749. The van der Waals surface area contributed by atoms with Crippen LogP contribution in [0.3, 0.4) is 0 Å². The van der Waals surface area contributed by atoms with Gasteiger partial charge in [-0.2, -0.15) is 0 Å². The van der Waals surface area contributed by atoms with Crippen LogP contribution in [0.2, 0.25) is 0 Å². The fraction of sp³-hybridized carbons (Fsp3) is 0.435. The molecular weight excluding hydrogens is 334 g/mol. The number of carbonyl (C=O) groups is 1. The summed E-state index contributed by atoms with van der Waals surface area (Å²) in [6.45, 7) is 4.28. The van der Waals surface area contributed by atoms with E-state index < -0.39 is 0 Å². The summed E-state index contributed by atoms with van der Waals surface area (Å²) in [5.41, 5.74) is 8.96. The lowest BCUT2D eigenvalue weighted by molar-refractivity contribution is -0.136. The van der Waals surface area contributed by atoms with Gasteiger partial charge in [0.2, 0.25) is 5.91 Å². The minimum absolute atomic E-state index is 0.0281. The summed E-state index contributed by atoms with van der Waals surface area (Å²) in [7, 11) is 0. The molecule has 3 atom stereocenters. The Kier molecular flexibility index (Phi) is 5.55. The van der Waals surface area contributed by atoms with E-state index in [1.165, 1.54) is 11.1 Å². The summed E-state index contributed by atoms with van der Waals surface area (Å²) < 4.78 is 0. The third-order valence-corrected chi connectivity index (χ3v) is 6.01. The van der Waals surface area contributed by atoms with Crippen molar-refractivity contribution in [2.45, 2.75) is 31.3 Å². The molecule has 4 heteroatoms. The number of rotatable bonds is 4. The van der Waals surface area contributed by atoms with Crippen molar-refractivity contribution in [2.24, 2.45) is 11.7 Å². The maximum Gasteiger partial charge on any atom is 0.227 e. The molecule has 1 unspecified atom stereocenters. The number of piperidine rings is 1. The van der Waals surface area contributed by atoms with Crippen LogP contribution in [0.1, 0.15) is 29.9 Å². The summed E-state index contributed by atoms with van der Waals surface area (Å²) >= 11 is 0. The highest BCUT2D eigenvalue weighted by atomic mass is 16.2. The second kappa shape index (κ2) is 8.24. The van der Waals surface area contributed by atoms with E-state index in [2.05, 4.69) is 53.4 Å². The largest absolute Gasteiger partial charge is 0.340 e. The third kappa shape index (κ3) is 4.23. The van der Waals surface area contributed by atoms with Gasteiger partial charge in [-0.15, -0.1) is 0 Å². The lowest BCUT2D eigenvalue weighted by Gasteiger charge is -2.34. The van der Waals surface area contributed by atoms with Crippen LogP contribution in [0.5, 0.6) is 0 Å². The van der Waals surface area contributed by atoms with E-state index in [1.54, 1.807) is 0 Å². The molecule has 0 aromatic heterocycles. The summed E-state index contributed by atoms with van der Waals surface area (Å²) in [6.07, 6.45) is 2.08. The van der Waals surface area contributed by atoms with Crippen LogP contribution >= 0.6 is 0 Å². The zero-order valence-electron chi connectivity index (χ0n) is 15.8. The molecule has 2 saturated heterocycles. The number of amides is 1. The normalized spacial score (nSPS) is 26.3. The van der Waals surface area contributed by atoms with Gasteiger partial charge in [0.15, 0.2) is 0 Å². The first-order valence-electron chi connectivity index (χ1n) is 10.1. The molecule has 2 aromatic carbocycles. The average Bonchev–Trinajstić information content (AvgIpc) is 3.11. The molecule has 0 saturated carbocycles. The van der Waals surface area contributed by atoms with Gasteiger partial charge in [0.25, 0.3) is 0 Å². The molecule has 0 aliphatic carbocycles. The molecule has 0 bridgehead atoms. The standard InChI is InChI=1S/C23H29N3O/c24-22-17-26(16-21(22)19-10-5-2-6-11-19)23(27)20-12-7-13-25(15-20)14-18-8-3-1-4-9-18/h1-6,8-11,20-22H,7,12-17,24H2/t20?,21-,22+/m0/s1. The van der Waals surface area contributed by atoms with Crippen molar-refractivity contribution in [3.8, 4) is 0 Å². The molecule has 2 N–H and O–H groups in total. The van der Waals surface area contributed by atoms with Crippen LogP contribution < -0.4 is 5.73 Å². The second-order valence-electron chi connectivity index (χ2n) is 7.98. The van der Waals surface area contributed by atoms with Crippen molar-refractivity contribution in [1.29, 1.82) is 0 Å². The van der Waals surface area contributed by atoms with Crippen LogP contribution in [-0.2, 0) is 11.3 Å². The van der Waals surface area contributed by atoms with E-state index in [1.807, 2.05) is 17.0 Å². The quantitative estimate of drug-likeness (QED) is 0.909. The number of carbonyl (C=O) groups excluding carboxylic acids is 1. The highest BCUT2D eigenvalue weighted by Gasteiger charge is 2.37. The van der Waals surface area contributed by atoms with Gasteiger partial charge in [-0.1, -0.05) is 60.7 Å². The van der Waals surface area contributed by atoms with Gasteiger partial charge >= 0.3 is 0 Å². The van der Waals surface area contributed by atoms with Crippen LogP contribution in [-0.4, -0.2) is 47.9 Å². The molecule has 2 aromatic rings. The Morgan fingerprint density at radius 2 is 1.67 bits per heavy atom. The highest BCUT2D eigenvalue weighted by Crippen LogP contribution is 2.29. The predicted molar refractivity (Wildman–Crippen MR) is 108 cm³/mol. The van der Waals surface area contributed by atoms with Crippen molar-refractivity contribution < 1.29 is 4.79 Å². The van der Waals surface area contributed by atoms with Gasteiger partial charge in [0.05, 0.1) is 5.92 Å². The Balaban J connectivity index is 1.38. The van der Waals surface area contributed by atoms with Gasteiger partial charge < -0.3 is 10.6 Å². The van der Waals surface area contributed by atoms with Gasteiger partial charge in [0.1, 0.15) is 0 Å². The number of benzene rings is 2. The maximum absolute atomic E-state index is 13.2. The minimum Gasteiger partial charge on any atom is -0.340 e. The van der Waals surface area contributed by atoms with Gasteiger partial charge in [-0.05, 0) is 30.5 Å². The first-order valence-corrected chi connectivity index (χ1v) is 10.1. The molecule has 2 fully saturated rings. The van der Waals surface area contributed by atoms with Gasteiger partial charge in [-0.25, -0.2) is 0 Å². The van der Waals surface area contributed by atoms with E-state index in [9.17, 15) is 4.79 Å². The molecule has 142 valence electrons. The number of hydrogen-bond donors (Lipinski definition) is 1. The Hall–Kier alpha value is -2.17. The predicted octanol–water partition coefficient (Wildman–Crippen LogP) is 2.85. The minimum atomic E-state index is 0.0281. The fourth-order valence-corrected chi connectivity index (χ4v) is 4.56. The summed E-state index contributed by atoms with van der Waals surface area (Å²) in [5.74, 6) is 0.644. The van der Waals surface area contributed by atoms with Crippen molar-refractivity contribution in [3.05, 3.63) is 71.8 Å². The molecule has 27 heavy (non-hydrogen) atoms. The molecule has 0 radical (unpaired) electrons. The molecule has 0 spiro atoms. The maximum atomic E-state index is 13.2. The van der Waals surface area contributed by atoms with Gasteiger partial charge in [-0.3, -0.25) is 9.69 Å². The van der Waals surface area contributed by atoms with E-state index in [-0.39, 0.29) is 17.9 Å². The van der Waals surface area contributed by atoms with Crippen molar-refractivity contribution in [3.63, 3.8) is 0 Å². The zero-order valence-corrected chi connectivity index (χ0v) is 15.8. The SMILES string of the molecule is N[C@@H]1CN(C(=O)C2CCCN(Cc3ccccc3)C2)C[C@H]1c1ccccc1. The van der Waals surface area contributed by atoms with Crippen LogP contribution in [0, 0.1) is 5.92 Å². The lowest BCUT2D eigenvalue weighted by Crippen LogP contribution is -2.44. The van der Waals surface area contributed by atoms with Crippen molar-refractivity contribution >= 4 is 5.91 Å². The smallest absolute Gasteiger partial charge is 0.227 e. The van der Waals surface area contributed by atoms with E-state index in [0.717, 1.165) is 39.0 Å². The molecule has 2 aliphatic rings. The third-order valence-electron chi connectivity index (χ3n) is 6.01. The molecule has 2 aliphatic heterocycles. The Morgan fingerprint density at radius 1 is 0.963 bits per heavy atom. The monoisotopic (exact) mass is 363 g/mol. The Morgan fingerprint density at radius 3 is 2.41 bits per heavy atom. The molecule has 2 heterocycles. The Labute approximate surface area is 162 Å². The molecular formula is C23H29N3O. The van der Waals surface area contributed by atoms with Crippen molar-refractivity contribution in [2.75, 3.05) is 26.2 Å². The second-order valence-corrected chi connectivity index (χ2v) is 7.98. The van der Waals surface area contributed by atoms with Crippen LogP contribution in [0.4, 0.5) is 0 Å².